The van der Waals surface area contributed by atoms with Gasteiger partial charge in [-0.25, -0.2) is 4.79 Å². The van der Waals surface area contributed by atoms with E-state index in [1.807, 2.05) is 4.98 Å². The van der Waals surface area contributed by atoms with Gasteiger partial charge in [0.05, 0.1) is 6.61 Å². The molecule has 0 fully saturated rings. The maximum absolute atomic E-state index is 11.8. The van der Waals surface area contributed by atoms with Crippen molar-refractivity contribution in [1.29, 1.82) is 0 Å². The number of hydrogen-bond donors (Lipinski definition) is 2. The van der Waals surface area contributed by atoms with E-state index in [4.69, 9.17) is 15.3 Å². The van der Waals surface area contributed by atoms with Crippen LogP contribution in [0, 0.1) is 19.2 Å². The average molecular weight is 251 g/mol. The zero-order valence-electron chi connectivity index (χ0n) is 12.2. The van der Waals surface area contributed by atoms with Crippen molar-refractivity contribution in [3.05, 3.63) is 44.8 Å². The summed E-state index contributed by atoms with van der Waals surface area (Å²) in [4.78, 5) is 25.2. The van der Waals surface area contributed by atoms with Crippen LogP contribution in [-0.4, -0.2) is 26.9 Å². The van der Waals surface area contributed by atoms with Crippen LogP contribution in [0.4, 0.5) is 0 Å². The molecule has 6 heteroatoms. The Labute approximate surface area is 107 Å². The van der Waals surface area contributed by atoms with Gasteiger partial charge in [-0.15, -0.1) is 6.42 Å². The number of hydrogen-bond acceptors (Lipinski definition) is 4. The summed E-state index contributed by atoms with van der Waals surface area (Å²) in [6, 6.07) is 0. The average Bonchev–Trinajstić information content (AvgIpc) is 2.82. The first kappa shape index (κ1) is 8.91. The minimum absolute atomic E-state index is 0.499. The maximum atomic E-state index is 11.8. The molecule has 2 atom stereocenters. The zero-order valence-corrected chi connectivity index (χ0v) is 9.21. The van der Waals surface area contributed by atoms with Crippen molar-refractivity contribution in [3.63, 3.8) is 0 Å². The van der Waals surface area contributed by atoms with Gasteiger partial charge in [0, 0.05) is 15.9 Å². The Bertz CT molecular complexity index is 741. The van der Waals surface area contributed by atoms with Crippen molar-refractivity contribution in [3.8, 4) is 12.3 Å². The van der Waals surface area contributed by atoms with Crippen molar-refractivity contribution < 1.29 is 14.0 Å². The molecule has 0 saturated heterocycles. The van der Waals surface area contributed by atoms with Gasteiger partial charge in [0.25, 0.3) is 5.56 Å². The van der Waals surface area contributed by atoms with E-state index in [0.29, 0.717) is 0 Å². The molecular formula is C12H12N2O4. The van der Waals surface area contributed by atoms with Gasteiger partial charge in [-0.1, -0.05) is 5.92 Å². The van der Waals surface area contributed by atoms with Crippen LogP contribution in [0.2, 0.25) is 0 Å². The lowest BCUT2D eigenvalue weighted by Crippen LogP contribution is -2.36. The fraction of sp³-hybridized carbons (Fsp3) is 0.333. The molecule has 2 N–H and O–H groups in total. The molecule has 0 bridgehead atoms. The van der Waals surface area contributed by atoms with Crippen molar-refractivity contribution in [2.45, 2.75) is 18.7 Å². The summed E-state index contributed by atoms with van der Waals surface area (Å²) in [6.45, 7) is -3.17. The second kappa shape index (κ2) is 4.29. The molecule has 6 nitrogen and oxygen atoms in total. The van der Waals surface area contributed by atoms with Crippen LogP contribution in [0.5, 0.6) is 0 Å². The lowest BCUT2D eigenvalue weighted by molar-refractivity contribution is -0.0503. The van der Waals surface area contributed by atoms with Gasteiger partial charge < -0.3 is 9.84 Å². The van der Waals surface area contributed by atoms with Gasteiger partial charge in [-0.05, 0) is 19.0 Å². The Kier molecular flexibility index (Phi) is 2.13. The second-order valence-electron chi connectivity index (χ2n) is 3.77. The normalized spacial score (nSPS) is 29.3. The highest BCUT2D eigenvalue weighted by Crippen LogP contribution is 2.27. The molecule has 94 valence electrons. The van der Waals surface area contributed by atoms with Crippen LogP contribution in [0.25, 0.3) is 0 Å². The highest BCUT2D eigenvalue weighted by Gasteiger charge is 2.34. The Morgan fingerprint density at radius 1 is 1.78 bits per heavy atom. The molecule has 18 heavy (non-hydrogen) atoms. The first-order chi connectivity index (χ1) is 9.72. The molecule has 0 aliphatic carbocycles. The van der Waals surface area contributed by atoms with E-state index >= 15 is 0 Å². The standard InChI is InChI=1S/C12H12N2O4/c1-3-12(7-15)5-4-9(18-12)14-6-8(2)10(16)13-11(14)17/h1,4-6,9,15H,7H2,2H3,(H,13,16,17)/t9-,12+/m1/s1/i2D3. The number of aromatic nitrogens is 2. The van der Waals surface area contributed by atoms with Crippen molar-refractivity contribution >= 4 is 0 Å². The highest BCUT2D eigenvalue weighted by atomic mass is 16.5. The maximum Gasteiger partial charge on any atom is 0.330 e. The molecule has 0 aromatic carbocycles. The summed E-state index contributed by atoms with van der Waals surface area (Å²) in [7, 11) is 0. The Balaban J connectivity index is 2.49. The van der Waals surface area contributed by atoms with E-state index in [0.717, 1.165) is 10.8 Å². The highest BCUT2D eigenvalue weighted by molar-refractivity contribution is 5.25. The number of nitrogens with zero attached hydrogens (tertiary/aromatic N) is 1. The van der Waals surface area contributed by atoms with Gasteiger partial charge >= 0.3 is 5.69 Å². The SMILES string of the molecule is [2H]C([2H])([2H])c1cn([C@H]2C=C[C@@](C#C)(CO)O2)c(=O)[nH]c1=O. The number of H-pyrrole nitrogens is 1. The third-order valence-electron chi connectivity index (χ3n) is 2.58. The van der Waals surface area contributed by atoms with Crippen molar-refractivity contribution in [2.75, 3.05) is 6.61 Å². The molecule has 1 aromatic rings. The van der Waals surface area contributed by atoms with Crippen LogP contribution in [0.15, 0.2) is 27.9 Å². The van der Waals surface area contributed by atoms with E-state index < -0.39 is 42.1 Å². The summed E-state index contributed by atoms with van der Waals surface area (Å²) in [5, 5.41) is 9.22. The number of rotatable bonds is 2. The minimum Gasteiger partial charge on any atom is -0.392 e. The number of aromatic amines is 1. The molecule has 0 amide bonds. The summed E-state index contributed by atoms with van der Waals surface area (Å²) in [5.41, 5.74) is -3.74. The number of ether oxygens (including phenoxy) is 1. The molecule has 1 aliphatic rings. The van der Waals surface area contributed by atoms with Gasteiger partial charge in [0.2, 0.25) is 0 Å². The minimum atomic E-state index is -2.68. The first-order valence-electron chi connectivity index (χ1n) is 6.54. The first-order valence-corrected chi connectivity index (χ1v) is 5.04. The van der Waals surface area contributed by atoms with Crippen LogP contribution < -0.4 is 11.2 Å². The molecule has 0 saturated carbocycles. The van der Waals surface area contributed by atoms with E-state index in [-0.39, 0.29) is 0 Å². The number of nitrogens with one attached hydrogen (secondary N) is 1. The molecule has 1 aromatic heterocycles. The third kappa shape index (κ3) is 1.90. The number of terminal acetylenes is 1. The molecule has 1 aliphatic heterocycles. The van der Waals surface area contributed by atoms with E-state index in [2.05, 4.69) is 5.92 Å². The van der Waals surface area contributed by atoms with E-state index in [9.17, 15) is 14.7 Å². The fourth-order valence-electron chi connectivity index (χ4n) is 1.57. The van der Waals surface area contributed by atoms with Crippen LogP contribution in [0.3, 0.4) is 0 Å². The van der Waals surface area contributed by atoms with E-state index in [1.165, 1.54) is 12.2 Å². The van der Waals surface area contributed by atoms with Crippen LogP contribution in [-0.2, 0) is 4.74 Å². The Morgan fingerprint density at radius 2 is 2.56 bits per heavy atom. The molecular weight excluding hydrogens is 236 g/mol. The number of aliphatic hydroxyl groups excluding tert-OH is 1. The lowest BCUT2D eigenvalue weighted by Gasteiger charge is -2.21. The summed E-state index contributed by atoms with van der Waals surface area (Å²) in [6.07, 6.45) is 7.95. The van der Waals surface area contributed by atoms with Gasteiger partial charge in [-0.2, -0.15) is 0 Å². The predicted molar refractivity (Wildman–Crippen MR) is 64.0 cm³/mol. The largest absolute Gasteiger partial charge is 0.392 e. The molecule has 0 radical (unpaired) electrons. The smallest absolute Gasteiger partial charge is 0.330 e. The summed E-state index contributed by atoms with van der Waals surface area (Å²) < 4.78 is 28.1. The molecule has 2 rings (SSSR count). The fourth-order valence-corrected chi connectivity index (χ4v) is 1.57. The summed E-state index contributed by atoms with van der Waals surface area (Å²) in [5.74, 6) is 2.25. The third-order valence-corrected chi connectivity index (χ3v) is 2.58. The Morgan fingerprint density at radius 3 is 3.11 bits per heavy atom. The number of aliphatic hydroxyl groups is 1. The van der Waals surface area contributed by atoms with Gasteiger partial charge in [-0.3, -0.25) is 14.3 Å². The Hall–Kier alpha value is -2.10. The quantitative estimate of drug-likeness (QED) is 0.537. The van der Waals surface area contributed by atoms with E-state index in [1.54, 1.807) is 0 Å². The summed E-state index contributed by atoms with van der Waals surface area (Å²) >= 11 is 0. The molecule has 2 heterocycles. The second-order valence-corrected chi connectivity index (χ2v) is 3.77. The van der Waals surface area contributed by atoms with Gasteiger partial charge in [0.1, 0.15) is 0 Å². The van der Waals surface area contributed by atoms with Gasteiger partial charge in [0.15, 0.2) is 11.8 Å². The zero-order chi connectivity index (χ0) is 15.8. The van der Waals surface area contributed by atoms with Crippen molar-refractivity contribution in [1.82, 2.24) is 9.55 Å². The molecule has 0 unspecified atom stereocenters. The predicted octanol–water partition coefficient (Wildman–Crippen LogP) is -0.706. The van der Waals surface area contributed by atoms with Crippen LogP contribution >= 0.6 is 0 Å². The van der Waals surface area contributed by atoms with Crippen molar-refractivity contribution in [2.24, 2.45) is 0 Å². The van der Waals surface area contributed by atoms with Crippen LogP contribution in [0.1, 0.15) is 15.9 Å². The topological polar surface area (TPSA) is 84.3 Å². The monoisotopic (exact) mass is 251 g/mol. The number of aryl methyl sites for hydroxylation is 1. The lowest BCUT2D eigenvalue weighted by atomic mass is 10.1. The molecule has 0 spiro atoms.